The molecule has 1 amide bonds. The van der Waals surface area contributed by atoms with E-state index in [1.165, 1.54) is 5.56 Å². The molecule has 5 heteroatoms. The van der Waals surface area contributed by atoms with Gasteiger partial charge in [-0.05, 0) is 43.7 Å². The zero-order valence-electron chi connectivity index (χ0n) is 14.3. The number of halogens is 1. The Hall–Kier alpha value is -1.10. The molecule has 134 valence electrons. The minimum absolute atomic E-state index is 0. The van der Waals surface area contributed by atoms with Crippen molar-refractivity contribution in [3.63, 3.8) is 0 Å². The van der Waals surface area contributed by atoms with Crippen LogP contribution in [0.5, 0.6) is 0 Å². The molecule has 2 aliphatic heterocycles. The van der Waals surface area contributed by atoms with Gasteiger partial charge in [-0.25, -0.2) is 0 Å². The van der Waals surface area contributed by atoms with Gasteiger partial charge in [0.2, 0.25) is 5.91 Å². The van der Waals surface area contributed by atoms with Crippen molar-refractivity contribution in [2.45, 2.75) is 32.2 Å². The monoisotopic (exact) mass is 352 g/mol. The van der Waals surface area contributed by atoms with Crippen LogP contribution < -0.4 is 5.32 Å². The van der Waals surface area contributed by atoms with Gasteiger partial charge in [0.05, 0.1) is 5.92 Å². The van der Waals surface area contributed by atoms with Crippen LogP contribution >= 0.6 is 12.4 Å². The summed E-state index contributed by atoms with van der Waals surface area (Å²) in [7, 11) is 0. The van der Waals surface area contributed by atoms with E-state index in [0.717, 1.165) is 65.1 Å². The summed E-state index contributed by atoms with van der Waals surface area (Å²) in [5.41, 5.74) is 1.22. The molecule has 0 bridgehead atoms. The molecular formula is C19H29ClN2O2. The average molecular weight is 353 g/mol. The van der Waals surface area contributed by atoms with Gasteiger partial charge in [-0.15, -0.1) is 12.4 Å². The summed E-state index contributed by atoms with van der Waals surface area (Å²) in [6, 6.07) is 10.4. The number of ether oxygens (including phenoxy) is 1. The van der Waals surface area contributed by atoms with Crippen LogP contribution in [0, 0.1) is 11.8 Å². The van der Waals surface area contributed by atoms with Gasteiger partial charge in [-0.1, -0.05) is 30.3 Å². The maximum Gasteiger partial charge on any atom is 0.227 e. The molecular weight excluding hydrogens is 324 g/mol. The number of piperidine rings is 1. The van der Waals surface area contributed by atoms with Gasteiger partial charge in [-0.2, -0.15) is 0 Å². The second-order valence-corrected chi connectivity index (χ2v) is 6.80. The van der Waals surface area contributed by atoms with E-state index in [-0.39, 0.29) is 18.3 Å². The van der Waals surface area contributed by atoms with E-state index in [1.54, 1.807) is 0 Å². The summed E-state index contributed by atoms with van der Waals surface area (Å²) < 4.78 is 5.46. The Morgan fingerprint density at radius 3 is 2.58 bits per heavy atom. The molecule has 0 aromatic heterocycles. The van der Waals surface area contributed by atoms with Crippen molar-refractivity contribution in [2.75, 3.05) is 32.8 Å². The Kier molecular flexibility index (Phi) is 8.03. The van der Waals surface area contributed by atoms with Crippen molar-refractivity contribution < 1.29 is 9.53 Å². The van der Waals surface area contributed by atoms with Crippen molar-refractivity contribution in [2.24, 2.45) is 11.8 Å². The van der Waals surface area contributed by atoms with Crippen LogP contribution in [-0.4, -0.2) is 43.7 Å². The fourth-order valence-electron chi connectivity index (χ4n) is 3.60. The van der Waals surface area contributed by atoms with Gasteiger partial charge >= 0.3 is 0 Å². The Bertz CT molecular complexity index is 485. The zero-order chi connectivity index (χ0) is 15.9. The smallest absolute Gasteiger partial charge is 0.227 e. The minimum Gasteiger partial charge on any atom is -0.381 e. The summed E-state index contributed by atoms with van der Waals surface area (Å²) >= 11 is 0. The maximum absolute atomic E-state index is 13.0. The number of hydrogen-bond acceptors (Lipinski definition) is 3. The first-order valence-corrected chi connectivity index (χ1v) is 8.94. The Labute approximate surface area is 151 Å². The first-order valence-electron chi connectivity index (χ1n) is 8.94. The predicted molar refractivity (Wildman–Crippen MR) is 98.2 cm³/mol. The highest BCUT2D eigenvalue weighted by molar-refractivity contribution is 5.85. The summed E-state index contributed by atoms with van der Waals surface area (Å²) in [5, 5.41) is 3.37. The Morgan fingerprint density at radius 2 is 1.92 bits per heavy atom. The lowest BCUT2D eigenvalue weighted by atomic mass is 9.95. The molecule has 24 heavy (non-hydrogen) atoms. The summed E-state index contributed by atoms with van der Waals surface area (Å²) in [4.78, 5) is 15.1. The molecule has 1 N–H and O–H groups in total. The topological polar surface area (TPSA) is 41.6 Å². The normalized spacial score (nSPS) is 21.8. The third kappa shape index (κ3) is 5.47. The van der Waals surface area contributed by atoms with E-state index < -0.39 is 0 Å². The van der Waals surface area contributed by atoms with E-state index in [9.17, 15) is 4.79 Å². The molecule has 2 aliphatic rings. The second-order valence-electron chi connectivity index (χ2n) is 6.80. The first kappa shape index (κ1) is 19.2. The molecule has 2 fully saturated rings. The number of amides is 1. The molecule has 0 saturated carbocycles. The van der Waals surface area contributed by atoms with Gasteiger partial charge in [0.25, 0.3) is 0 Å². The van der Waals surface area contributed by atoms with E-state index in [1.807, 2.05) is 6.07 Å². The number of benzene rings is 1. The lowest BCUT2D eigenvalue weighted by molar-refractivity contribution is -0.138. The molecule has 2 heterocycles. The number of rotatable bonds is 5. The van der Waals surface area contributed by atoms with Crippen molar-refractivity contribution in [1.29, 1.82) is 0 Å². The third-order valence-corrected chi connectivity index (χ3v) is 4.99. The van der Waals surface area contributed by atoms with Crippen LogP contribution in [0.2, 0.25) is 0 Å². The summed E-state index contributed by atoms with van der Waals surface area (Å²) in [6.45, 7) is 5.15. The molecule has 4 nitrogen and oxygen atoms in total. The van der Waals surface area contributed by atoms with Gasteiger partial charge < -0.3 is 15.0 Å². The van der Waals surface area contributed by atoms with Crippen LogP contribution in [0.1, 0.15) is 31.2 Å². The van der Waals surface area contributed by atoms with Gasteiger partial charge in [0.15, 0.2) is 0 Å². The molecule has 0 radical (unpaired) electrons. The average Bonchev–Trinajstić information content (AvgIpc) is 2.63. The van der Waals surface area contributed by atoms with E-state index in [4.69, 9.17) is 4.74 Å². The maximum atomic E-state index is 13.0. The molecule has 0 spiro atoms. The fraction of sp³-hybridized carbons (Fsp3) is 0.632. The SMILES string of the molecule is Cl.O=C(C1CCCNC1)N(Cc1ccccc1)CC1CCOCC1. The first-order chi connectivity index (χ1) is 11.3. The quantitative estimate of drug-likeness (QED) is 0.886. The molecule has 1 aromatic rings. The Balaban J connectivity index is 0.00000208. The van der Waals surface area contributed by atoms with Crippen LogP contribution in [0.3, 0.4) is 0 Å². The lowest BCUT2D eigenvalue weighted by Gasteiger charge is -2.33. The predicted octanol–water partition coefficient (Wildman–Crippen LogP) is 2.86. The third-order valence-electron chi connectivity index (χ3n) is 4.99. The second kappa shape index (κ2) is 10.0. The fourth-order valence-corrected chi connectivity index (χ4v) is 3.60. The summed E-state index contributed by atoms with van der Waals surface area (Å²) in [6.07, 6.45) is 4.26. The van der Waals surface area contributed by atoms with Gasteiger partial charge in [0.1, 0.15) is 0 Å². The van der Waals surface area contributed by atoms with E-state index in [2.05, 4.69) is 34.5 Å². The van der Waals surface area contributed by atoms with Crippen LogP contribution in [0.25, 0.3) is 0 Å². The number of nitrogens with one attached hydrogen (secondary N) is 1. The van der Waals surface area contributed by atoms with Crippen molar-refractivity contribution in [3.8, 4) is 0 Å². The van der Waals surface area contributed by atoms with Crippen molar-refractivity contribution >= 4 is 18.3 Å². The molecule has 1 aromatic carbocycles. The highest BCUT2D eigenvalue weighted by Gasteiger charge is 2.28. The Morgan fingerprint density at radius 1 is 1.17 bits per heavy atom. The van der Waals surface area contributed by atoms with Gasteiger partial charge in [-0.3, -0.25) is 4.79 Å². The number of hydrogen-bond donors (Lipinski definition) is 1. The molecule has 1 atom stereocenters. The molecule has 3 rings (SSSR count). The van der Waals surface area contributed by atoms with Crippen LogP contribution in [-0.2, 0) is 16.1 Å². The molecule has 2 saturated heterocycles. The minimum atomic E-state index is 0. The zero-order valence-corrected chi connectivity index (χ0v) is 15.1. The lowest BCUT2D eigenvalue weighted by Crippen LogP contribution is -2.45. The highest BCUT2D eigenvalue weighted by Crippen LogP contribution is 2.21. The van der Waals surface area contributed by atoms with Gasteiger partial charge in [0, 0.05) is 32.8 Å². The number of carbonyl (C=O) groups excluding carboxylic acids is 1. The largest absolute Gasteiger partial charge is 0.381 e. The van der Waals surface area contributed by atoms with E-state index >= 15 is 0 Å². The standard InChI is InChI=1S/C19H28N2O2.ClH/c22-19(18-7-4-10-20-13-18)21(14-16-5-2-1-3-6-16)15-17-8-11-23-12-9-17;/h1-3,5-6,17-18,20H,4,7-15H2;1H. The molecule has 0 aliphatic carbocycles. The van der Waals surface area contributed by atoms with Crippen LogP contribution in [0.15, 0.2) is 30.3 Å². The van der Waals surface area contributed by atoms with Crippen LogP contribution in [0.4, 0.5) is 0 Å². The molecule has 1 unspecified atom stereocenters. The number of carbonyl (C=O) groups is 1. The van der Waals surface area contributed by atoms with E-state index in [0.29, 0.717) is 11.8 Å². The highest BCUT2D eigenvalue weighted by atomic mass is 35.5. The van der Waals surface area contributed by atoms with Crippen molar-refractivity contribution in [1.82, 2.24) is 10.2 Å². The number of nitrogens with zero attached hydrogens (tertiary/aromatic N) is 1. The van der Waals surface area contributed by atoms with Crippen molar-refractivity contribution in [3.05, 3.63) is 35.9 Å². The summed E-state index contributed by atoms with van der Waals surface area (Å²) in [5.74, 6) is 1.05.